The van der Waals surface area contributed by atoms with Crippen molar-refractivity contribution in [3.8, 4) is 16.9 Å². The number of rotatable bonds is 11. The van der Waals surface area contributed by atoms with E-state index in [1.807, 2.05) is 4.90 Å². The summed E-state index contributed by atoms with van der Waals surface area (Å²) >= 11 is 6.18. The van der Waals surface area contributed by atoms with Crippen molar-refractivity contribution in [3.05, 3.63) is 87.8 Å². The molecule has 0 aromatic heterocycles. The lowest BCUT2D eigenvalue weighted by Crippen LogP contribution is -2.38. The second-order valence-electron chi connectivity index (χ2n) is 10.9. The summed E-state index contributed by atoms with van der Waals surface area (Å²) < 4.78 is 82.5. The third-order valence-electron chi connectivity index (χ3n) is 7.57. The van der Waals surface area contributed by atoms with Crippen molar-refractivity contribution >= 4 is 57.8 Å². The molecule has 0 atom stereocenters. The summed E-state index contributed by atoms with van der Waals surface area (Å²) in [7, 11) is 0. The molecule has 2 heterocycles. The lowest BCUT2D eigenvalue weighted by Gasteiger charge is -2.27. The molecule has 0 unspecified atom stereocenters. The number of aromatic carboxylic acids is 1. The van der Waals surface area contributed by atoms with Gasteiger partial charge < -0.3 is 19.9 Å². The lowest BCUT2D eigenvalue weighted by atomic mass is 9.97. The Kier molecular flexibility index (Phi) is 11.3. The summed E-state index contributed by atoms with van der Waals surface area (Å²) in [4.78, 5) is 40.1. The van der Waals surface area contributed by atoms with Crippen LogP contribution in [0.15, 0.2) is 59.5 Å². The number of thiocarbonyl (C=S) groups is 1. The molecule has 0 radical (unpaired) electrons. The van der Waals surface area contributed by atoms with Gasteiger partial charge in [0.1, 0.15) is 16.7 Å². The number of carbonyl (C=O) groups is 3. The molecule has 2 aliphatic heterocycles. The van der Waals surface area contributed by atoms with Crippen molar-refractivity contribution in [2.75, 3.05) is 51.3 Å². The Morgan fingerprint density at radius 1 is 1.00 bits per heavy atom. The molecule has 3 aromatic carbocycles. The van der Waals surface area contributed by atoms with Crippen LogP contribution < -0.4 is 10.1 Å². The molecule has 5 rings (SSSR count). The summed E-state index contributed by atoms with van der Waals surface area (Å²) in [5.74, 6) is -5.24. The number of halogens is 5. The molecule has 0 aliphatic carbocycles. The van der Waals surface area contributed by atoms with Crippen molar-refractivity contribution in [1.29, 1.82) is 0 Å². The molecule has 49 heavy (non-hydrogen) atoms. The van der Waals surface area contributed by atoms with E-state index in [0.29, 0.717) is 38.5 Å². The Morgan fingerprint density at radius 2 is 1.71 bits per heavy atom. The van der Waals surface area contributed by atoms with Gasteiger partial charge >= 0.3 is 12.1 Å². The number of carboxylic acids is 1. The number of hydrogen-bond donors (Lipinski definition) is 2. The normalized spacial score (nSPS) is 16.3. The third-order valence-corrected chi connectivity index (χ3v) is 8.95. The molecular formula is C33H28F5N3O6S2. The average Bonchev–Trinajstić information content (AvgIpc) is 3.32. The Labute approximate surface area is 286 Å². The van der Waals surface area contributed by atoms with E-state index >= 15 is 0 Å². The summed E-state index contributed by atoms with van der Waals surface area (Å²) in [6.45, 7) is 2.15. The van der Waals surface area contributed by atoms with E-state index < -0.39 is 46.9 Å². The molecule has 16 heteroatoms. The van der Waals surface area contributed by atoms with Crippen molar-refractivity contribution in [1.82, 2.24) is 9.80 Å². The van der Waals surface area contributed by atoms with E-state index in [9.17, 15) is 36.3 Å². The first-order valence-electron chi connectivity index (χ1n) is 14.8. The molecule has 0 saturated carbocycles. The summed E-state index contributed by atoms with van der Waals surface area (Å²) in [5, 5.41) is 11.6. The van der Waals surface area contributed by atoms with E-state index in [1.165, 1.54) is 36.4 Å². The van der Waals surface area contributed by atoms with Gasteiger partial charge in [-0.15, -0.1) is 0 Å². The molecule has 2 amide bonds. The van der Waals surface area contributed by atoms with Gasteiger partial charge in [0, 0.05) is 43.9 Å². The van der Waals surface area contributed by atoms with E-state index in [1.54, 1.807) is 0 Å². The van der Waals surface area contributed by atoms with Crippen molar-refractivity contribution < 1.29 is 50.9 Å². The average molecular weight is 722 g/mol. The summed E-state index contributed by atoms with van der Waals surface area (Å²) in [6, 6.07) is 10.3. The van der Waals surface area contributed by atoms with Gasteiger partial charge in [-0.1, -0.05) is 30.0 Å². The second-order valence-corrected chi connectivity index (χ2v) is 12.6. The number of morpholine rings is 1. The minimum atomic E-state index is -4.92. The zero-order valence-electron chi connectivity index (χ0n) is 25.5. The van der Waals surface area contributed by atoms with Gasteiger partial charge in [-0.05, 0) is 65.7 Å². The fourth-order valence-corrected chi connectivity index (χ4v) is 6.34. The van der Waals surface area contributed by atoms with Crippen LogP contribution in [-0.2, 0) is 20.5 Å². The molecule has 2 fully saturated rings. The van der Waals surface area contributed by atoms with Crippen LogP contribution in [0.3, 0.4) is 0 Å². The zero-order chi connectivity index (χ0) is 35.3. The first-order valence-corrected chi connectivity index (χ1v) is 16.0. The first-order chi connectivity index (χ1) is 23.3. The molecule has 9 nitrogen and oxygen atoms in total. The van der Waals surface area contributed by atoms with Gasteiger partial charge in [0.2, 0.25) is 5.91 Å². The minimum Gasteiger partial charge on any atom is -0.491 e. The Morgan fingerprint density at radius 3 is 2.37 bits per heavy atom. The van der Waals surface area contributed by atoms with Crippen molar-refractivity contribution in [2.45, 2.75) is 12.6 Å². The van der Waals surface area contributed by atoms with Crippen molar-refractivity contribution in [2.24, 2.45) is 0 Å². The predicted molar refractivity (Wildman–Crippen MR) is 176 cm³/mol. The number of carbonyl (C=O) groups excluding carboxylic acids is 2. The number of alkyl halides is 3. The Hall–Kier alpha value is -4.38. The van der Waals surface area contributed by atoms with Gasteiger partial charge in [-0.2, -0.15) is 13.2 Å². The number of benzene rings is 3. The molecule has 0 bridgehead atoms. The van der Waals surface area contributed by atoms with Crippen LogP contribution >= 0.6 is 24.0 Å². The smallest absolute Gasteiger partial charge is 0.420 e. The Balaban J connectivity index is 1.41. The Bertz CT molecular complexity index is 1800. The predicted octanol–water partition coefficient (Wildman–Crippen LogP) is 6.29. The van der Waals surface area contributed by atoms with Crippen molar-refractivity contribution in [3.63, 3.8) is 0 Å². The van der Waals surface area contributed by atoms with Crippen LogP contribution in [0.1, 0.15) is 27.9 Å². The van der Waals surface area contributed by atoms with Gasteiger partial charge in [-0.25, -0.2) is 13.6 Å². The maximum absolute atomic E-state index is 14.5. The fourth-order valence-electron chi connectivity index (χ4n) is 5.04. The van der Waals surface area contributed by atoms with Crippen LogP contribution in [0.2, 0.25) is 0 Å². The van der Waals surface area contributed by atoms with E-state index in [0.717, 1.165) is 40.9 Å². The van der Waals surface area contributed by atoms with Crippen LogP contribution in [0.5, 0.6) is 5.75 Å². The highest BCUT2D eigenvalue weighted by Gasteiger charge is 2.38. The topological polar surface area (TPSA) is 108 Å². The standard InChI is InChI=1S/C33H28F5N3O6S2/c34-25-6-3-20(17-26(25)35)21-15-22(29(24(16-21)33(36,37)38)47-14-11-40-9-12-46-13-10-40)18-27-30(43)41(32(48)49-27)8-7-28(42)39-23-4-1-19(2-5-23)31(44)45/h1-6,15-18H,7-14H2,(H,39,42)(H,44,45). The van der Waals surface area contributed by atoms with Gasteiger partial charge in [0.05, 0.1) is 29.2 Å². The lowest BCUT2D eigenvalue weighted by molar-refractivity contribution is -0.139. The van der Waals surface area contributed by atoms with Gasteiger partial charge in [0.15, 0.2) is 11.6 Å². The number of carboxylic acid groups (broad SMARTS) is 1. The zero-order valence-corrected chi connectivity index (χ0v) is 27.2. The molecule has 258 valence electrons. The fraction of sp³-hybridized carbons (Fsp3) is 0.273. The minimum absolute atomic E-state index is 0.0323. The van der Waals surface area contributed by atoms with E-state index in [-0.39, 0.29) is 51.1 Å². The number of anilines is 1. The molecule has 3 aromatic rings. The molecule has 2 N–H and O–H groups in total. The SMILES string of the molecule is O=C(CCN1C(=O)C(=Cc2cc(-c3ccc(F)c(F)c3)cc(C(F)(F)F)c2OCCN2CCOCC2)SC1=S)Nc1ccc(C(=O)O)cc1. The third kappa shape index (κ3) is 9.00. The molecule has 2 saturated heterocycles. The highest BCUT2D eigenvalue weighted by Crippen LogP contribution is 2.43. The highest BCUT2D eigenvalue weighted by atomic mass is 32.2. The van der Waals surface area contributed by atoms with Crippen LogP contribution in [0.4, 0.5) is 27.6 Å². The van der Waals surface area contributed by atoms with E-state index in [2.05, 4.69) is 5.32 Å². The monoisotopic (exact) mass is 721 g/mol. The van der Waals surface area contributed by atoms with Gasteiger partial charge in [-0.3, -0.25) is 19.4 Å². The summed E-state index contributed by atoms with van der Waals surface area (Å²) in [5.41, 5.74) is -1.07. The number of nitrogens with one attached hydrogen (secondary N) is 1. The van der Waals surface area contributed by atoms with Crippen LogP contribution in [0, 0.1) is 11.6 Å². The quantitative estimate of drug-likeness (QED) is 0.134. The maximum Gasteiger partial charge on any atom is 0.420 e. The summed E-state index contributed by atoms with van der Waals surface area (Å²) in [6.07, 6.45) is -3.92. The van der Waals surface area contributed by atoms with E-state index in [4.69, 9.17) is 26.8 Å². The second kappa shape index (κ2) is 15.4. The maximum atomic E-state index is 14.5. The van der Waals surface area contributed by atoms with Crippen LogP contribution in [-0.4, -0.2) is 83.0 Å². The number of amides is 2. The molecule has 2 aliphatic rings. The highest BCUT2D eigenvalue weighted by molar-refractivity contribution is 8.26. The van der Waals surface area contributed by atoms with Crippen LogP contribution in [0.25, 0.3) is 17.2 Å². The molecular weight excluding hydrogens is 694 g/mol. The number of hydrogen-bond acceptors (Lipinski definition) is 8. The number of ether oxygens (including phenoxy) is 2. The number of thioether (sulfide) groups is 1. The number of nitrogens with zero attached hydrogens (tertiary/aromatic N) is 2. The largest absolute Gasteiger partial charge is 0.491 e. The van der Waals surface area contributed by atoms with Gasteiger partial charge in [0.25, 0.3) is 5.91 Å². The molecule has 0 spiro atoms. The first kappa shape index (κ1) is 35.9.